The lowest BCUT2D eigenvalue weighted by molar-refractivity contribution is -0.136. The number of furan rings is 1. The Hall–Kier alpha value is -4.39. The van der Waals surface area contributed by atoms with Crippen molar-refractivity contribution in [2.24, 2.45) is 5.92 Å². The Labute approximate surface area is 219 Å². The van der Waals surface area contributed by atoms with Crippen molar-refractivity contribution in [1.29, 1.82) is 0 Å². The van der Waals surface area contributed by atoms with Gasteiger partial charge in [0.1, 0.15) is 22.7 Å². The van der Waals surface area contributed by atoms with Gasteiger partial charge < -0.3 is 18.6 Å². The second-order valence-corrected chi connectivity index (χ2v) is 10.2. The highest BCUT2D eigenvalue weighted by atomic mass is 16.5. The van der Waals surface area contributed by atoms with Crippen molar-refractivity contribution in [3.05, 3.63) is 84.8 Å². The number of nitrogens with zero attached hydrogens (tertiary/aromatic N) is 3. The molecule has 5 aromatic rings. The van der Waals surface area contributed by atoms with Gasteiger partial charge in [0.25, 0.3) is 5.91 Å². The van der Waals surface area contributed by atoms with Crippen molar-refractivity contribution in [3.8, 4) is 17.0 Å². The molecule has 1 saturated heterocycles. The maximum absolute atomic E-state index is 13.3. The molecule has 38 heavy (non-hydrogen) atoms. The molecule has 190 valence electrons. The average Bonchev–Trinajstić information content (AvgIpc) is 3.66. The van der Waals surface area contributed by atoms with Crippen LogP contribution in [0.1, 0.15) is 30.9 Å². The van der Waals surface area contributed by atoms with Crippen LogP contribution in [0.25, 0.3) is 33.2 Å². The number of ether oxygens (including phenoxy) is 1. The van der Waals surface area contributed by atoms with E-state index in [1.54, 1.807) is 0 Å². The van der Waals surface area contributed by atoms with Crippen LogP contribution < -0.4 is 4.74 Å². The minimum atomic E-state index is -0.0548. The number of ketones is 1. The van der Waals surface area contributed by atoms with Gasteiger partial charge in [-0.3, -0.25) is 9.59 Å². The van der Waals surface area contributed by atoms with Crippen LogP contribution in [0.2, 0.25) is 0 Å². The molecule has 7 rings (SSSR count). The molecule has 7 nitrogen and oxygen atoms in total. The van der Waals surface area contributed by atoms with Gasteiger partial charge in [0, 0.05) is 41.8 Å². The van der Waals surface area contributed by atoms with Crippen molar-refractivity contribution in [1.82, 2.24) is 14.5 Å². The van der Waals surface area contributed by atoms with Crippen LogP contribution in [0.15, 0.2) is 83.7 Å². The number of hydrogen-bond acceptors (Lipinski definition) is 5. The molecule has 1 amide bonds. The number of Topliss-reactive ketones (excluding diaryl/α,β-unsaturated/α-hetero) is 1. The number of benzene rings is 3. The molecular formula is C31H27N3O4. The molecule has 1 atom stereocenters. The first-order valence-electron chi connectivity index (χ1n) is 13.1. The Bertz CT molecular complexity index is 1680. The summed E-state index contributed by atoms with van der Waals surface area (Å²) in [5, 5.41) is 1.99. The molecule has 2 aliphatic heterocycles. The molecule has 0 radical (unpaired) electrons. The number of rotatable bonds is 6. The molecule has 0 N–H and O–H groups in total. The maximum atomic E-state index is 13.3. The van der Waals surface area contributed by atoms with Crippen LogP contribution in [0.3, 0.4) is 0 Å². The highest BCUT2D eigenvalue weighted by Gasteiger charge is 2.33. The number of hydrogen-bond donors (Lipinski definition) is 0. The molecule has 2 aromatic heterocycles. The minimum absolute atomic E-state index is 0.00560. The topological polar surface area (TPSA) is 77.6 Å². The molecular weight excluding hydrogens is 478 g/mol. The van der Waals surface area contributed by atoms with Crippen LogP contribution in [-0.2, 0) is 9.59 Å². The molecule has 7 heteroatoms. The smallest absolute Gasteiger partial charge is 0.260 e. The second kappa shape index (κ2) is 9.17. The van der Waals surface area contributed by atoms with Crippen molar-refractivity contribution < 1.29 is 18.7 Å². The van der Waals surface area contributed by atoms with E-state index in [4.69, 9.17) is 9.15 Å². The summed E-state index contributed by atoms with van der Waals surface area (Å²) in [4.78, 5) is 32.3. The predicted molar refractivity (Wildman–Crippen MR) is 144 cm³/mol. The van der Waals surface area contributed by atoms with Gasteiger partial charge in [0.15, 0.2) is 6.61 Å². The van der Waals surface area contributed by atoms with Crippen LogP contribution in [0, 0.1) is 5.92 Å². The molecule has 0 saturated carbocycles. The first kappa shape index (κ1) is 22.8. The summed E-state index contributed by atoms with van der Waals surface area (Å²) in [6.07, 6.45) is 5.50. The quantitative estimate of drug-likeness (QED) is 0.299. The summed E-state index contributed by atoms with van der Waals surface area (Å²) in [7, 11) is 0. The van der Waals surface area contributed by atoms with Crippen LogP contribution in [-0.4, -0.2) is 45.8 Å². The second-order valence-electron chi connectivity index (χ2n) is 10.2. The largest absolute Gasteiger partial charge is 0.484 e. The summed E-state index contributed by atoms with van der Waals surface area (Å²) in [6.45, 7) is 1.12. The number of aromatic nitrogens is 2. The molecule has 0 spiro atoms. The van der Waals surface area contributed by atoms with Gasteiger partial charge >= 0.3 is 0 Å². The Balaban J connectivity index is 0.954. The van der Waals surface area contributed by atoms with Crippen molar-refractivity contribution in [2.75, 3.05) is 19.7 Å². The molecule has 2 aliphatic rings. The fraction of sp³-hybridized carbons (Fsp3) is 0.258. The van der Waals surface area contributed by atoms with Crippen LogP contribution in [0.5, 0.6) is 5.75 Å². The number of para-hydroxylation sites is 1. The standard InChI is InChI=1S/C31H27N3O4/c35-28(16-26-22-5-1-2-6-23(22)27-17-32-19-34(26)27)20-11-13-33(14-12-20)31(36)18-37-21-9-10-30-25(15-21)24-7-3-4-8-29(24)38-30/h1-10,15,17,19-20,26H,11-14,16,18H2. The van der Waals surface area contributed by atoms with Gasteiger partial charge in [-0.2, -0.15) is 0 Å². The van der Waals surface area contributed by atoms with E-state index in [-0.39, 0.29) is 30.3 Å². The number of likely N-dealkylation sites (tertiary alicyclic amines) is 1. The molecule has 0 aliphatic carbocycles. The summed E-state index contributed by atoms with van der Waals surface area (Å²) in [6, 6.07) is 21.7. The highest BCUT2D eigenvalue weighted by molar-refractivity contribution is 6.05. The molecule has 3 aromatic carbocycles. The minimum Gasteiger partial charge on any atom is -0.484 e. The third-order valence-electron chi connectivity index (χ3n) is 8.01. The number of carbonyl (C=O) groups is 2. The van der Waals surface area contributed by atoms with Gasteiger partial charge in [-0.15, -0.1) is 0 Å². The van der Waals surface area contributed by atoms with Gasteiger partial charge in [-0.1, -0.05) is 42.5 Å². The van der Waals surface area contributed by atoms with Crippen LogP contribution in [0.4, 0.5) is 0 Å². The van der Waals surface area contributed by atoms with Gasteiger partial charge in [-0.25, -0.2) is 4.98 Å². The number of amides is 1. The van der Waals surface area contributed by atoms with Crippen molar-refractivity contribution >= 4 is 33.6 Å². The summed E-state index contributed by atoms with van der Waals surface area (Å²) >= 11 is 0. The first-order valence-corrected chi connectivity index (χ1v) is 13.1. The fourth-order valence-corrected chi connectivity index (χ4v) is 5.98. The lowest BCUT2D eigenvalue weighted by Gasteiger charge is -2.31. The lowest BCUT2D eigenvalue weighted by atomic mass is 9.87. The molecule has 1 fully saturated rings. The predicted octanol–water partition coefficient (Wildman–Crippen LogP) is 5.63. The number of imidazole rings is 1. The van der Waals surface area contributed by atoms with Crippen molar-refractivity contribution in [3.63, 3.8) is 0 Å². The number of piperidine rings is 1. The van der Waals surface area contributed by atoms with Crippen LogP contribution >= 0.6 is 0 Å². The monoisotopic (exact) mass is 505 g/mol. The summed E-state index contributed by atoms with van der Waals surface area (Å²) in [5.41, 5.74) is 5.03. The third kappa shape index (κ3) is 3.86. The van der Waals surface area contributed by atoms with E-state index in [0.29, 0.717) is 38.1 Å². The van der Waals surface area contributed by atoms with E-state index in [9.17, 15) is 9.59 Å². The Morgan fingerprint density at radius 2 is 1.74 bits per heavy atom. The Morgan fingerprint density at radius 1 is 0.947 bits per heavy atom. The zero-order valence-corrected chi connectivity index (χ0v) is 20.9. The van der Waals surface area contributed by atoms with Gasteiger partial charge in [-0.05, 0) is 42.7 Å². The van der Waals surface area contributed by atoms with E-state index in [2.05, 4.69) is 21.7 Å². The molecule has 1 unspecified atom stereocenters. The average molecular weight is 506 g/mol. The summed E-state index contributed by atoms with van der Waals surface area (Å²) in [5.74, 6) is 0.811. The normalized spacial score (nSPS) is 17.1. The third-order valence-corrected chi connectivity index (χ3v) is 8.01. The number of fused-ring (bicyclic) bond motifs is 6. The maximum Gasteiger partial charge on any atom is 0.260 e. The lowest BCUT2D eigenvalue weighted by Crippen LogP contribution is -2.42. The Kier molecular flexibility index (Phi) is 5.50. The SMILES string of the molecule is O=C(CC1c2ccccc2-c2cncn21)C1CCN(C(=O)COc2ccc3oc4ccccc4c3c2)CC1. The van der Waals surface area contributed by atoms with E-state index >= 15 is 0 Å². The first-order chi connectivity index (χ1) is 18.7. The van der Waals surface area contributed by atoms with E-state index in [1.165, 1.54) is 5.56 Å². The zero-order chi connectivity index (χ0) is 25.6. The molecule has 0 bridgehead atoms. The van der Waals surface area contributed by atoms with E-state index in [0.717, 1.165) is 33.2 Å². The van der Waals surface area contributed by atoms with E-state index in [1.807, 2.05) is 72.0 Å². The zero-order valence-electron chi connectivity index (χ0n) is 20.9. The fourth-order valence-electron chi connectivity index (χ4n) is 5.98. The number of carbonyl (C=O) groups excluding carboxylic acids is 2. The van der Waals surface area contributed by atoms with Gasteiger partial charge in [0.05, 0.1) is 24.3 Å². The van der Waals surface area contributed by atoms with E-state index < -0.39 is 0 Å². The molecule has 4 heterocycles. The summed E-state index contributed by atoms with van der Waals surface area (Å²) < 4.78 is 13.8. The van der Waals surface area contributed by atoms with Crippen molar-refractivity contribution in [2.45, 2.75) is 25.3 Å². The Morgan fingerprint density at radius 3 is 2.63 bits per heavy atom. The van der Waals surface area contributed by atoms with Gasteiger partial charge in [0.2, 0.25) is 0 Å². The highest BCUT2D eigenvalue weighted by Crippen LogP contribution is 2.41.